The zero-order chi connectivity index (χ0) is 13.8. The van der Waals surface area contributed by atoms with Gasteiger partial charge in [0.15, 0.2) is 5.69 Å². The van der Waals surface area contributed by atoms with Crippen molar-refractivity contribution >= 4 is 5.91 Å². The van der Waals surface area contributed by atoms with Crippen LogP contribution in [0.3, 0.4) is 0 Å². The topological polar surface area (TPSA) is 94.5 Å². The molecule has 0 radical (unpaired) electrons. The lowest BCUT2D eigenvalue weighted by Crippen LogP contribution is -2.18. The predicted molar refractivity (Wildman–Crippen MR) is 66.4 cm³/mol. The number of nitriles is 2. The third kappa shape index (κ3) is 2.15. The Bertz CT molecular complexity index is 717. The van der Waals surface area contributed by atoms with Crippen molar-refractivity contribution in [1.29, 1.82) is 10.5 Å². The average molecular weight is 251 g/mol. The minimum Gasteiger partial charge on any atom is -0.355 e. The maximum Gasteiger partial charge on any atom is 0.255 e. The van der Waals surface area contributed by atoms with E-state index in [1.54, 1.807) is 24.3 Å². The van der Waals surface area contributed by atoms with Crippen LogP contribution in [-0.4, -0.2) is 22.7 Å². The van der Waals surface area contributed by atoms with Gasteiger partial charge in [-0.1, -0.05) is 6.07 Å². The Morgan fingerprint density at radius 1 is 1.37 bits per heavy atom. The largest absolute Gasteiger partial charge is 0.355 e. The van der Waals surface area contributed by atoms with Crippen LogP contribution in [-0.2, 0) is 0 Å². The molecule has 1 amide bonds. The fourth-order valence-electron chi connectivity index (χ4n) is 1.66. The minimum absolute atomic E-state index is 0.134. The van der Waals surface area contributed by atoms with Crippen LogP contribution < -0.4 is 5.32 Å². The van der Waals surface area contributed by atoms with Crippen molar-refractivity contribution in [3.05, 3.63) is 47.3 Å². The van der Waals surface area contributed by atoms with E-state index in [4.69, 9.17) is 10.5 Å². The summed E-state index contributed by atoms with van der Waals surface area (Å²) in [4.78, 5) is 11.6. The second-order valence-electron chi connectivity index (χ2n) is 3.67. The number of rotatable bonds is 2. The molecule has 2 rings (SSSR count). The van der Waals surface area contributed by atoms with Crippen molar-refractivity contribution in [1.82, 2.24) is 15.1 Å². The zero-order valence-electron chi connectivity index (χ0n) is 10.1. The maximum absolute atomic E-state index is 11.6. The molecular weight excluding hydrogens is 242 g/mol. The van der Waals surface area contributed by atoms with Crippen molar-refractivity contribution in [2.45, 2.75) is 0 Å². The van der Waals surface area contributed by atoms with Crippen molar-refractivity contribution in [2.24, 2.45) is 0 Å². The molecule has 19 heavy (non-hydrogen) atoms. The first-order chi connectivity index (χ1) is 9.21. The Kier molecular flexibility index (Phi) is 3.26. The Morgan fingerprint density at radius 2 is 2.16 bits per heavy atom. The third-order valence-electron chi connectivity index (χ3n) is 2.57. The number of amides is 1. The summed E-state index contributed by atoms with van der Waals surface area (Å²) < 4.78 is 1.34. The molecule has 0 saturated carbocycles. The fourth-order valence-corrected chi connectivity index (χ4v) is 1.66. The average Bonchev–Trinajstić information content (AvgIpc) is 2.90. The van der Waals surface area contributed by atoms with Gasteiger partial charge in [0, 0.05) is 7.05 Å². The number of nitrogens with zero attached hydrogens (tertiary/aromatic N) is 4. The molecule has 0 atom stereocenters. The first-order valence-corrected chi connectivity index (χ1v) is 5.42. The summed E-state index contributed by atoms with van der Waals surface area (Å²) in [7, 11) is 1.48. The van der Waals surface area contributed by atoms with Gasteiger partial charge in [-0.25, -0.2) is 4.68 Å². The molecule has 0 saturated heterocycles. The van der Waals surface area contributed by atoms with E-state index in [9.17, 15) is 4.79 Å². The van der Waals surface area contributed by atoms with Crippen LogP contribution in [0.25, 0.3) is 5.69 Å². The normalized spacial score (nSPS) is 9.42. The van der Waals surface area contributed by atoms with E-state index in [0.717, 1.165) is 0 Å². The highest BCUT2D eigenvalue weighted by atomic mass is 16.1. The Morgan fingerprint density at radius 3 is 2.79 bits per heavy atom. The van der Waals surface area contributed by atoms with E-state index < -0.39 is 0 Å². The third-order valence-corrected chi connectivity index (χ3v) is 2.57. The summed E-state index contributed by atoms with van der Waals surface area (Å²) in [6.07, 6.45) is 1.33. The van der Waals surface area contributed by atoms with Gasteiger partial charge in [0.2, 0.25) is 0 Å². The van der Waals surface area contributed by atoms with Gasteiger partial charge >= 0.3 is 0 Å². The molecule has 1 aromatic carbocycles. The van der Waals surface area contributed by atoms with Gasteiger partial charge in [-0.05, 0) is 18.2 Å². The van der Waals surface area contributed by atoms with Gasteiger partial charge < -0.3 is 5.32 Å². The quantitative estimate of drug-likeness (QED) is 0.860. The molecular formula is C13H9N5O. The minimum atomic E-state index is -0.376. The molecule has 0 fully saturated rings. The smallest absolute Gasteiger partial charge is 0.255 e. The molecule has 0 aliphatic carbocycles. The molecule has 0 aliphatic rings. The Hall–Kier alpha value is -3.12. The lowest BCUT2D eigenvalue weighted by Gasteiger charge is -2.03. The molecule has 2 aromatic rings. The number of nitrogens with one attached hydrogen (secondary N) is 1. The maximum atomic E-state index is 11.6. The highest BCUT2D eigenvalue weighted by Crippen LogP contribution is 2.15. The van der Waals surface area contributed by atoms with Gasteiger partial charge in [-0.2, -0.15) is 15.6 Å². The van der Waals surface area contributed by atoms with Crippen molar-refractivity contribution in [3.8, 4) is 17.8 Å². The van der Waals surface area contributed by atoms with E-state index in [2.05, 4.69) is 10.4 Å². The first-order valence-electron chi connectivity index (χ1n) is 5.42. The molecule has 1 heterocycles. The van der Waals surface area contributed by atoms with E-state index in [0.29, 0.717) is 11.3 Å². The number of benzene rings is 1. The zero-order valence-corrected chi connectivity index (χ0v) is 10.1. The van der Waals surface area contributed by atoms with E-state index in [-0.39, 0.29) is 17.2 Å². The van der Waals surface area contributed by atoms with Crippen molar-refractivity contribution in [2.75, 3.05) is 7.05 Å². The second kappa shape index (κ2) is 5.03. The monoisotopic (exact) mass is 251 g/mol. The van der Waals surface area contributed by atoms with Crippen LogP contribution in [0.4, 0.5) is 0 Å². The summed E-state index contributed by atoms with van der Waals surface area (Å²) in [6, 6.07) is 10.6. The van der Waals surface area contributed by atoms with Crippen LogP contribution >= 0.6 is 0 Å². The number of carbonyl (C=O) groups is 1. The van der Waals surface area contributed by atoms with E-state index in [1.165, 1.54) is 17.9 Å². The van der Waals surface area contributed by atoms with Crippen LogP contribution in [0.2, 0.25) is 0 Å². The fraction of sp³-hybridized carbons (Fsp3) is 0.0769. The summed E-state index contributed by atoms with van der Waals surface area (Å²) >= 11 is 0. The summed E-state index contributed by atoms with van der Waals surface area (Å²) in [5, 5.41) is 24.5. The van der Waals surface area contributed by atoms with Gasteiger partial charge in [0.25, 0.3) is 5.91 Å². The van der Waals surface area contributed by atoms with Crippen LogP contribution in [0.1, 0.15) is 21.6 Å². The van der Waals surface area contributed by atoms with Crippen LogP contribution in [0.5, 0.6) is 0 Å². The number of aromatic nitrogens is 2. The first kappa shape index (κ1) is 12.3. The standard InChI is InChI=1S/C13H9N5O/c1-16-13(19)11-8-17-18(12(11)7-15)10-4-2-3-9(5-10)6-14/h2-5,8H,1H3,(H,16,19). The molecule has 0 bridgehead atoms. The molecule has 6 heteroatoms. The van der Waals surface area contributed by atoms with E-state index in [1.807, 2.05) is 12.1 Å². The summed E-state index contributed by atoms with van der Waals surface area (Å²) in [6.45, 7) is 0. The van der Waals surface area contributed by atoms with Gasteiger partial charge in [-0.15, -0.1) is 0 Å². The van der Waals surface area contributed by atoms with Crippen LogP contribution in [0, 0.1) is 22.7 Å². The lowest BCUT2D eigenvalue weighted by atomic mass is 10.2. The highest BCUT2D eigenvalue weighted by molar-refractivity contribution is 5.95. The highest BCUT2D eigenvalue weighted by Gasteiger charge is 2.17. The lowest BCUT2D eigenvalue weighted by molar-refractivity contribution is 0.0963. The van der Waals surface area contributed by atoms with Gasteiger partial charge in [0.05, 0.1) is 29.1 Å². The number of carbonyl (C=O) groups excluding carboxylic acids is 1. The summed E-state index contributed by atoms with van der Waals surface area (Å²) in [5.74, 6) is -0.376. The molecule has 0 unspecified atom stereocenters. The molecule has 92 valence electrons. The second-order valence-corrected chi connectivity index (χ2v) is 3.67. The molecule has 6 nitrogen and oxygen atoms in total. The number of hydrogen-bond donors (Lipinski definition) is 1. The van der Waals surface area contributed by atoms with Crippen molar-refractivity contribution < 1.29 is 4.79 Å². The molecule has 1 aromatic heterocycles. The molecule has 1 N–H and O–H groups in total. The van der Waals surface area contributed by atoms with Crippen LogP contribution in [0.15, 0.2) is 30.5 Å². The summed E-state index contributed by atoms with van der Waals surface area (Å²) in [5.41, 5.74) is 1.35. The predicted octanol–water partition coefficient (Wildman–Crippen LogP) is 0.975. The Balaban J connectivity index is 2.58. The van der Waals surface area contributed by atoms with Gasteiger partial charge in [-0.3, -0.25) is 4.79 Å². The van der Waals surface area contributed by atoms with Gasteiger partial charge in [0.1, 0.15) is 6.07 Å². The molecule has 0 spiro atoms. The molecule has 0 aliphatic heterocycles. The SMILES string of the molecule is CNC(=O)c1cnn(-c2cccc(C#N)c2)c1C#N. The van der Waals surface area contributed by atoms with Crippen molar-refractivity contribution in [3.63, 3.8) is 0 Å². The number of hydrogen-bond acceptors (Lipinski definition) is 4. The van der Waals surface area contributed by atoms with E-state index >= 15 is 0 Å². The Labute approximate surface area is 109 Å².